The summed E-state index contributed by atoms with van der Waals surface area (Å²) in [6, 6.07) is 11.0. The minimum Gasteiger partial charge on any atom is -0.361 e. The highest BCUT2D eigenvalue weighted by Gasteiger charge is 2.30. The van der Waals surface area contributed by atoms with Crippen LogP contribution in [0.25, 0.3) is 5.69 Å². The first-order valence-corrected chi connectivity index (χ1v) is 8.48. The first-order chi connectivity index (χ1) is 11.7. The zero-order valence-electron chi connectivity index (χ0n) is 14.1. The predicted molar refractivity (Wildman–Crippen MR) is 91.9 cm³/mol. The second kappa shape index (κ2) is 6.24. The lowest BCUT2D eigenvalue weighted by atomic mass is 10.0. The van der Waals surface area contributed by atoms with E-state index in [-0.39, 0.29) is 0 Å². The number of aryl methyl sites for hydroxylation is 2. The first kappa shape index (κ1) is 15.1. The standard InChI is InChI=1S/C19H22N4O/c1-14-19(15(2)24-21-14)18-8-4-10-22(18)13-16-6-3-7-17(12-16)23-11-5-9-20-23/h3,5-7,9,11-12,18H,4,8,10,13H2,1-2H3/t18-/m0/s1. The van der Waals surface area contributed by atoms with E-state index in [4.69, 9.17) is 4.52 Å². The Balaban J connectivity index is 1.58. The van der Waals surface area contributed by atoms with Crippen LogP contribution in [-0.2, 0) is 6.54 Å². The highest BCUT2D eigenvalue weighted by Crippen LogP contribution is 2.36. The quantitative estimate of drug-likeness (QED) is 0.733. The molecule has 24 heavy (non-hydrogen) atoms. The van der Waals surface area contributed by atoms with Gasteiger partial charge in [-0.15, -0.1) is 0 Å². The molecule has 0 aliphatic carbocycles. The Bertz CT molecular complexity index is 802. The second-order valence-corrected chi connectivity index (χ2v) is 6.49. The molecule has 1 aromatic carbocycles. The van der Waals surface area contributed by atoms with E-state index in [0.29, 0.717) is 6.04 Å². The maximum atomic E-state index is 5.39. The van der Waals surface area contributed by atoms with E-state index in [2.05, 4.69) is 39.4 Å². The van der Waals surface area contributed by atoms with Crippen molar-refractivity contribution in [1.29, 1.82) is 0 Å². The van der Waals surface area contributed by atoms with E-state index in [1.165, 1.54) is 24.0 Å². The van der Waals surface area contributed by atoms with E-state index in [9.17, 15) is 0 Å². The van der Waals surface area contributed by atoms with E-state index in [1.54, 1.807) is 6.20 Å². The van der Waals surface area contributed by atoms with Crippen molar-refractivity contribution in [2.75, 3.05) is 6.54 Å². The third-order valence-electron chi connectivity index (χ3n) is 4.85. The monoisotopic (exact) mass is 322 g/mol. The van der Waals surface area contributed by atoms with Crippen LogP contribution in [0.3, 0.4) is 0 Å². The van der Waals surface area contributed by atoms with E-state index in [0.717, 1.165) is 30.2 Å². The van der Waals surface area contributed by atoms with E-state index < -0.39 is 0 Å². The zero-order valence-corrected chi connectivity index (χ0v) is 14.1. The van der Waals surface area contributed by atoms with Gasteiger partial charge in [0.2, 0.25) is 0 Å². The Morgan fingerprint density at radius 2 is 2.17 bits per heavy atom. The summed E-state index contributed by atoms with van der Waals surface area (Å²) in [7, 11) is 0. The Morgan fingerprint density at radius 3 is 2.92 bits per heavy atom. The van der Waals surface area contributed by atoms with Crippen LogP contribution in [0.4, 0.5) is 0 Å². The minimum atomic E-state index is 0.407. The van der Waals surface area contributed by atoms with Gasteiger partial charge in [-0.2, -0.15) is 5.10 Å². The van der Waals surface area contributed by atoms with Crippen LogP contribution in [0.2, 0.25) is 0 Å². The molecule has 0 amide bonds. The first-order valence-electron chi connectivity index (χ1n) is 8.48. The molecule has 1 saturated heterocycles. The predicted octanol–water partition coefficient (Wildman–Crippen LogP) is 3.81. The van der Waals surface area contributed by atoms with Crippen molar-refractivity contribution in [2.24, 2.45) is 0 Å². The van der Waals surface area contributed by atoms with Gasteiger partial charge in [-0.3, -0.25) is 4.90 Å². The van der Waals surface area contributed by atoms with Gasteiger partial charge >= 0.3 is 0 Å². The summed E-state index contributed by atoms with van der Waals surface area (Å²) in [6.45, 7) is 6.11. The van der Waals surface area contributed by atoms with Crippen LogP contribution in [-0.4, -0.2) is 26.4 Å². The molecule has 5 heteroatoms. The lowest BCUT2D eigenvalue weighted by Gasteiger charge is -2.24. The largest absolute Gasteiger partial charge is 0.361 e. The zero-order chi connectivity index (χ0) is 16.5. The smallest absolute Gasteiger partial charge is 0.138 e. The van der Waals surface area contributed by atoms with E-state index in [1.807, 2.05) is 30.8 Å². The number of benzene rings is 1. The van der Waals surface area contributed by atoms with Crippen molar-refractivity contribution in [3.05, 3.63) is 65.3 Å². The molecule has 1 atom stereocenters. The van der Waals surface area contributed by atoms with Gasteiger partial charge in [0, 0.05) is 30.5 Å². The Hall–Kier alpha value is -2.40. The summed E-state index contributed by atoms with van der Waals surface area (Å²) >= 11 is 0. The third-order valence-corrected chi connectivity index (χ3v) is 4.85. The van der Waals surface area contributed by atoms with Crippen molar-refractivity contribution >= 4 is 0 Å². The molecule has 2 aromatic heterocycles. The highest BCUT2D eigenvalue weighted by molar-refractivity contribution is 5.35. The molecule has 5 nitrogen and oxygen atoms in total. The lowest BCUT2D eigenvalue weighted by Crippen LogP contribution is -2.23. The van der Waals surface area contributed by atoms with Gasteiger partial charge in [0.15, 0.2) is 0 Å². The summed E-state index contributed by atoms with van der Waals surface area (Å²) in [5.41, 5.74) is 4.71. The van der Waals surface area contributed by atoms with Gasteiger partial charge in [0.25, 0.3) is 0 Å². The molecule has 0 bridgehead atoms. The van der Waals surface area contributed by atoms with Crippen LogP contribution in [0, 0.1) is 13.8 Å². The van der Waals surface area contributed by atoms with Gasteiger partial charge in [-0.1, -0.05) is 17.3 Å². The van der Waals surface area contributed by atoms with E-state index >= 15 is 0 Å². The highest BCUT2D eigenvalue weighted by atomic mass is 16.5. The molecule has 4 rings (SSSR count). The van der Waals surface area contributed by atoms with Gasteiger partial charge in [-0.05, 0) is 57.0 Å². The summed E-state index contributed by atoms with van der Waals surface area (Å²) in [4.78, 5) is 2.54. The third kappa shape index (κ3) is 2.76. The molecular formula is C19H22N4O. The molecular weight excluding hydrogens is 300 g/mol. The Morgan fingerprint density at radius 1 is 1.25 bits per heavy atom. The van der Waals surface area contributed by atoms with Gasteiger partial charge in [0.05, 0.1) is 11.4 Å². The summed E-state index contributed by atoms with van der Waals surface area (Å²) < 4.78 is 7.29. The normalized spacial score (nSPS) is 18.3. The van der Waals surface area contributed by atoms with Crippen molar-refractivity contribution < 1.29 is 4.52 Å². The van der Waals surface area contributed by atoms with Crippen LogP contribution in [0.15, 0.2) is 47.2 Å². The average molecular weight is 322 g/mol. The lowest BCUT2D eigenvalue weighted by molar-refractivity contribution is 0.245. The molecule has 3 heterocycles. The van der Waals surface area contributed by atoms with Crippen molar-refractivity contribution in [2.45, 2.75) is 39.3 Å². The topological polar surface area (TPSA) is 47.1 Å². The fourth-order valence-electron chi connectivity index (χ4n) is 3.76. The second-order valence-electron chi connectivity index (χ2n) is 6.49. The summed E-state index contributed by atoms with van der Waals surface area (Å²) in [5, 5.41) is 8.46. The molecule has 0 radical (unpaired) electrons. The van der Waals surface area contributed by atoms with Crippen molar-refractivity contribution in [3.63, 3.8) is 0 Å². The average Bonchev–Trinajstić information content (AvgIpc) is 3.31. The fourth-order valence-corrected chi connectivity index (χ4v) is 3.76. The molecule has 0 N–H and O–H groups in total. The van der Waals surface area contributed by atoms with Gasteiger partial charge in [-0.25, -0.2) is 4.68 Å². The van der Waals surface area contributed by atoms with Crippen molar-refractivity contribution in [3.8, 4) is 5.69 Å². The Labute approximate surface area is 141 Å². The maximum absolute atomic E-state index is 5.39. The maximum Gasteiger partial charge on any atom is 0.138 e. The van der Waals surface area contributed by atoms with Crippen molar-refractivity contribution in [1.82, 2.24) is 19.8 Å². The Kier molecular flexibility index (Phi) is 3.94. The van der Waals surface area contributed by atoms with Crippen LogP contribution in [0.5, 0.6) is 0 Å². The molecule has 1 aliphatic heterocycles. The molecule has 1 aliphatic rings. The van der Waals surface area contributed by atoms with Crippen LogP contribution in [0.1, 0.15) is 41.5 Å². The van der Waals surface area contributed by atoms with Crippen LogP contribution < -0.4 is 0 Å². The number of nitrogens with zero attached hydrogens (tertiary/aromatic N) is 4. The number of hydrogen-bond acceptors (Lipinski definition) is 4. The molecule has 124 valence electrons. The molecule has 0 spiro atoms. The number of likely N-dealkylation sites (tertiary alicyclic amines) is 1. The van der Waals surface area contributed by atoms with Gasteiger partial charge in [0.1, 0.15) is 5.76 Å². The summed E-state index contributed by atoms with van der Waals surface area (Å²) in [6.07, 6.45) is 6.16. The number of aromatic nitrogens is 3. The SMILES string of the molecule is Cc1noc(C)c1[C@@H]1CCCN1Cc1cccc(-n2cccn2)c1. The molecule has 3 aromatic rings. The number of rotatable bonds is 4. The molecule has 0 unspecified atom stereocenters. The molecule has 0 saturated carbocycles. The van der Waals surface area contributed by atoms with Gasteiger partial charge < -0.3 is 4.52 Å². The van der Waals surface area contributed by atoms with Crippen LogP contribution >= 0.6 is 0 Å². The fraction of sp³-hybridized carbons (Fsp3) is 0.368. The molecule has 1 fully saturated rings. The number of hydrogen-bond donors (Lipinski definition) is 0. The summed E-state index contributed by atoms with van der Waals surface area (Å²) in [5.74, 6) is 0.953. The minimum absolute atomic E-state index is 0.407.